The minimum atomic E-state index is 0.273. The van der Waals surface area contributed by atoms with Crippen molar-refractivity contribution in [2.75, 3.05) is 12.0 Å². The average Bonchev–Trinajstić information content (AvgIpc) is 2.52. The fourth-order valence-corrected chi connectivity index (χ4v) is 1.84. The second kappa shape index (κ2) is 4.57. The van der Waals surface area contributed by atoms with E-state index in [0.717, 1.165) is 10.6 Å². The van der Waals surface area contributed by atoms with Crippen molar-refractivity contribution in [1.82, 2.24) is 0 Å². The molecule has 0 saturated carbocycles. The van der Waals surface area contributed by atoms with Crippen molar-refractivity contribution in [3.05, 3.63) is 22.4 Å². The summed E-state index contributed by atoms with van der Waals surface area (Å²) in [5.74, 6) is 1.20. The van der Waals surface area contributed by atoms with Crippen LogP contribution in [0.4, 0.5) is 0 Å². The van der Waals surface area contributed by atoms with Crippen molar-refractivity contribution in [2.45, 2.75) is 6.42 Å². The quantitative estimate of drug-likeness (QED) is 0.672. The highest BCUT2D eigenvalue weighted by Gasteiger charge is 2.04. The van der Waals surface area contributed by atoms with Gasteiger partial charge in [0.15, 0.2) is 5.78 Å². The van der Waals surface area contributed by atoms with Crippen LogP contribution in [0.5, 0.6) is 0 Å². The highest BCUT2D eigenvalue weighted by Crippen LogP contribution is 2.12. The lowest BCUT2D eigenvalue weighted by Gasteiger charge is -1.93. The second-order valence-electron chi connectivity index (χ2n) is 2.14. The smallest absolute Gasteiger partial charge is 0.173 e. The van der Waals surface area contributed by atoms with Gasteiger partial charge >= 0.3 is 0 Å². The number of ketones is 1. The Bertz CT molecular complexity index is 216. The first-order chi connectivity index (χ1) is 5.34. The summed E-state index contributed by atoms with van der Waals surface area (Å²) in [5, 5.41) is 1.94. The van der Waals surface area contributed by atoms with E-state index in [1.54, 1.807) is 11.8 Å². The Hall–Kier alpha value is -0.280. The molecule has 0 aromatic carbocycles. The van der Waals surface area contributed by atoms with Crippen LogP contribution < -0.4 is 0 Å². The van der Waals surface area contributed by atoms with Crippen LogP contribution in [0.3, 0.4) is 0 Å². The van der Waals surface area contributed by atoms with Gasteiger partial charge in [0.05, 0.1) is 4.88 Å². The van der Waals surface area contributed by atoms with Gasteiger partial charge in [-0.15, -0.1) is 11.3 Å². The van der Waals surface area contributed by atoms with Gasteiger partial charge in [-0.1, -0.05) is 6.07 Å². The van der Waals surface area contributed by atoms with E-state index < -0.39 is 0 Å². The molecule has 0 aliphatic heterocycles. The van der Waals surface area contributed by atoms with Crippen molar-refractivity contribution in [3.8, 4) is 0 Å². The number of carbonyl (C=O) groups is 1. The van der Waals surface area contributed by atoms with Gasteiger partial charge in [-0.05, 0) is 17.7 Å². The summed E-state index contributed by atoms with van der Waals surface area (Å²) in [5.41, 5.74) is 0. The Kier molecular flexibility index (Phi) is 3.66. The van der Waals surface area contributed by atoms with Gasteiger partial charge in [-0.25, -0.2) is 0 Å². The van der Waals surface area contributed by atoms with Gasteiger partial charge in [0.2, 0.25) is 0 Å². The molecule has 0 unspecified atom stereocenters. The van der Waals surface area contributed by atoms with Gasteiger partial charge in [0, 0.05) is 12.2 Å². The van der Waals surface area contributed by atoms with E-state index >= 15 is 0 Å². The number of Topliss-reactive ketones (excluding diaryl/α,β-unsaturated/α-hetero) is 1. The molecule has 3 heteroatoms. The summed E-state index contributed by atoms with van der Waals surface area (Å²) in [6.45, 7) is 0. The number of rotatable bonds is 4. The van der Waals surface area contributed by atoms with Crippen LogP contribution in [-0.4, -0.2) is 17.8 Å². The van der Waals surface area contributed by atoms with Crippen LogP contribution in [0.15, 0.2) is 17.5 Å². The van der Waals surface area contributed by atoms with Crippen molar-refractivity contribution in [3.63, 3.8) is 0 Å². The van der Waals surface area contributed by atoms with Gasteiger partial charge in [-0.3, -0.25) is 4.79 Å². The minimum absolute atomic E-state index is 0.273. The van der Waals surface area contributed by atoms with Crippen LogP contribution in [0, 0.1) is 0 Å². The molecule has 1 aromatic heterocycles. The fraction of sp³-hybridized carbons (Fsp3) is 0.375. The summed E-state index contributed by atoms with van der Waals surface area (Å²) >= 11 is 3.23. The van der Waals surface area contributed by atoms with Crippen LogP contribution >= 0.6 is 23.1 Å². The summed E-state index contributed by atoms with van der Waals surface area (Å²) < 4.78 is 0. The van der Waals surface area contributed by atoms with E-state index in [1.807, 2.05) is 23.8 Å². The lowest BCUT2D eigenvalue weighted by atomic mass is 10.3. The largest absolute Gasteiger partial charge is 0.293 e. The van der Waals surface area contributed by atoms with Crippen molar-refractivity contribution < 1.29 is 4.79 Å². The van der Waals surface area contributed by atoms with Crippen molar-refractivity contribution in [2.24, 2.45) is 0 Å². The molecule has 0 amide bonds. The van der Waals surface area contributed by atoms with E-state index in [4.69, 9.17) is 0 Å². The third kappa shape index (κ3) is 2.67. The van der Waals surface area contributed by atoms with E-state index in [-0.39, 0.29) is 5.78 Å². The molecule has 0 spiro atoms. The van der Waals surface area contributed by atoms with E-state index in [9.17, 15) is 4.79 Å². The predicted molar refractivity (Wildman–Crippen MR) is 51.6 cm³/mol. The second-order valence-corrected chi connectivity index (χ2v) is 4.08. The van der Waals surface area contributed by atoms with Crippen LogP contribution in [-0.2, 0) is 0 Å². The number of hydrogen-bond acceptors (Lipinski definition) is 3. The van der Waals surface area contributed by atoms with E-state index in [1.165, 1.54) is 11.3 Å². The Morgan fingerprint density at radius 2 is 2.55 bits per heavy atom. The van der Waals surface area contributed by atoms with E-state index in [2.05, 4.69) is 0 Å². The minimum Gasteiger partial charge on any atom is -0.293 e. The Morgan fingerprint density at radius 1 is 1.73 bits per heavy atom. The lowest BCUT2D eigenvalue weighted by molar-refractivity contribution is 0.0993. The Labute approximate surface area is 74.8 Å². The van der Waals surface area contributed by atoms with Gasteiger partial charge in [0.1, 0.15) is 0 Å². The SMILES string of the molecule is CSCCC(=O)c1cccs1. The molecule has 0 aliphatic carbocycles. The Morgan fingerprint density at radius 3 is 3.09 bits per heavy atom. The highest BCUT2D eigenvalue weighted by atomic mass is 32.2. The van der Waals surface area contributed by atoms with Crippen molar-refractivity contribution >= 4 is 28.9 Å². The molecule has 0 N–H and O–H groups in total. The molecule has 0 saturated heterocycles. The zero-order chi connectivity index (χ0) is 8.10. The van der Waals surface area contributed by atoms with Gasteiger partial charge in [0.25, 0.3) is 0 Å². The average molecular weight is 186 g/mol. The Balaban J connectivity index is 2.43. The molecule has 0 bridgehead atoms. The fourth-order valence-electron chi connectivity index (χ4n) is 0.755. The first kappa shape index (κ1) is 8.81. The first-order valence-corrected chi connectivity index (χ1v) is 5.67. The van der Waals surface area contributed by atoms with Crippen LogP contribution in [0.2, 0.25) is 0 Å². The van der Waals surface area contributed by atoms with Crippen LogP contribution in [0.1, 0.15) is 16.1 Å². The van der Waals surface area contributed by atoms with Crippen molar-refractivity contribution in [1.29, 1.82) is 0 Å². The normalized spacial score (nSPS) is 9.91. The molecule has 1 aromatic rings. The zero-order valence-electron chi connectivity index (χ0n) is 6.37. The number of thioether (sulfide) groups is 1. The molecule has 60 valence electrons. The number of carbonyl (C=O) groups excluding carboxylic acids is 1. The molecule has 0 atom stereocenters. The van der Waals surface area contributed by atoms with Crippen LogP contribution in [0.25, 0.3) is 0 Å². The maximum absolute atomic E-state index is 11.3. The first-order valence-electron chi connectivity index (χ1n) is 3.40. The number of hydrogen-bond donors (Lipinski definition) is 0. The van der Waals surface area contributed by atoms with Gasteiger partial charge < -0.3 is 0 Å². The standard InChI is InChI=1S/C8H10OS2/c1-10-6-4-7(9)8-3-2-5-11-8/h2-3,5H,4,6H2,1H3. The third-order valence-electron chi connectivity index (χ3n) is 1.33. The maximum atomic E-state index is 11.3. The third-order valence-corrected chi connectivity index (χ3v) is 2.85. The van der Waals surface area contributed by atoms with Gasteiger partial charge in [-0.2, -0.15) is 11.8 Å². The number of thiophene rings is 1. The lowest BCUT2D eigenvalue weighted by Crippen LogP contribution is -1.96. The summed E-state index contributed by atoms with van der Waals surface area (Å²) in [6.07, 6.45) is 2.68. The summed E-state index contributed by atoms with van der Waals surface area (Å²) in [4.78, 5) is 12.1. The molecule has 0 radical (unpaired) electrons. The molecular weight excluding hydrogens is 176 g/mol. The maximum Gasteiger partial charge on any atom is 0.173 e. The topological polar surface area (TPSA) is 17.1 Å². The zero-order valence-corrected chi connectivity index (χ0v) is 8.00. The summed E-state index contributed by atoms with van der Waals surface area (Å²) in [6, 6.07) is 3.80. The van der Waals surface area contributed by atoms with E-state index in [0.29, 0.717) is 6.42 Å². The predicted octanol–water partition coefficient (Wildman–Crippen LogP) is 2.68. The molecular formula is C8H10OS2. The summed E-state index contributed by atoms with van der Waals surface area (Å²) in [7, 11) is 0. The molecule has 1 heterocycles. The highest BCUT2D eigenvalue weighted by molar-refractivity contribution is 7.98. The monoisotopic (exact) mass is 186 g/mol. The molecule has 11 heavy (non-hydrogen) atoms. The molecule has 1 nitrogen and oxygen atoms in total. The molecule has 0 aliphatic rings. The molecule has 1 rings (SSSR count). The molecule has 0 fully saturated rings.